The van der Waals surface area contributed by atoms with Gasteiger partial charge in [-0.15, -0.1) is 0 Å². The van der Waals surface area contributed by atoms with Crippen LogP contribution in [0.4, 0.5) is 0 Å². The van der Waals surface area contributed by atoms with Crippen LogP contribution in [0.15, 0.2) is 24.3 Å². The van der Waals surface area contributed by atoms with Crippen molar-refractivity contribution in [3.05, 3.63) is 29.8 Å². The van der Waals surface area contributed by atoms with E-state index in [2.05, 4.69) is 12.1 Å². The molecular formula is C14H21NO2. The molecule has 0 atom stereocenters. The fourth-order valence-electron chi connectivity index (χ4n) is 2.43. The van der Waals surface area contributed by atoms with Gasteiger partial charge in [-0.3, -0.25) is 0 Å². The number of nitrogens with two attached hydrogens (primary N) is 1. The Hall–Kier alpha value is -1.06. The van der Waals surface area contributed by atoms with Crippen molar-refractivity contribution in [2.45, 2.75) is 19.3 Å². The highest BCUT2D eigenvalue weighted by atomic mass is 16.5. The molecule has 1 aromatic carbocycles. The van der Waals surface area contributed by atoms with Gasteiger partial charge in [0.05, 0.1) is 7.11 Å². The van der Waals surface area contributed by atoms with Crippen LogP contribution in [0.25, 0.3) is 0 Å². The second-order valence-corrected chi connectivity index (χ2v) is 4.84. The lowest BCUT2D eigenvalue weighted by atomic mass is 9.75. The minimum Gasteiger partial charge on any atom is -0.497 e. The topological polar surface area (TPSA) is 44.5 Å². The summed E-state index contributed by atoms with van der Waals surface area (Å²) in [5, 5.41) is 0. The maximum absolute atomic E-state index is 5.96. The van der Waals surface area contributed by atoms with Crippen LogP contribution in [-0.2, 0) is 11.2 Å². The van der Waals surface area contributed by atoms with Crippen molar-refractivity contribution in [3.8, 4) is 5.75 Å². The highest BCUT2D eigenvalue weighted by molar-refractivity contribution is 5.28. The minimum atomic E-state index is 0.229. The molecule has 0 aliphatic carbocycles. The monoisotopic (exact) mass is 235 g/mol. The largest absolute Gasteiger partial charge is 0.497 e. The number of hydrogen-bond donors (Lipinski definition) is 1. The van der Waals surface area contributed by atoms with Gasteiger partial charge in [0.2, 0.25) is 0 Å². The Morgan fingerprint density at radius 1 is 1.24 bits per heavy atom. The summed E-state index contributed by atoms with van der Waals surface area (Å²) in [5.41, 5.74) is 7.52. The Morgan fingerprint density at radius 2 is 1.88 bits per heavy atom. The van der Waals surface area contributed by atoms with Crippen LogP contribution >= 0.6 is 0 Å². The Morgan fingerprint density at radius 3 is 2.41 bits per heavy atom. The number of rotatable bonds is 4. The SMILES string of the molecule is COc1ccc(CC2(CN)CCOCC2)cc1. The average Bonchev–Trinajstić information content (AvgIpc) is 2.41. The molecular weight excluding hydrogens is 214 g/mol. The molecule has 94 valence electrons. The highest BCUT2D eigenvalue weighted by Gasteiger charge is 2.31. The van der Waals surface area contributed by atoms with Gasteiger partial charge in [0.15, 0.2) is 0 Å². The van der Waals surface area contributed by atoms with Crippen molar-refractivity contribution >= 4 is 0 Å². The zero-order valence-corrected chi connectivity index (χ0v) is 10.4. The van der Waals surface area contributed by atoms with Gasteiger partial charge >= 0.3 is 0 Å². The van der Waals surface area contributed by atoms with Crippen molar-refractivity contribution in [2.75, 3.05) is 26.9 Å². The number of benzene rings is 1. The van der Waals surface area contributed by atoms with Gasteiger partial charge in [-0.25, -0.2) is 0 Å². The van der Waals surface area contributed by atoms with E-state index in [0.29, 0.717) is 0 Å². The third-order valence-electron chi connectivity index (χ3n) is 3.72. The van der Waals surface area contributed by atoms with Crippen molar-refractivity contribution < 1.29 is 9.47 Å². The first kappa shape index (κ1) is 12.4. The van der Waals surface area contributed by atoms with E-state index in [0.717, 1.165) is 44.8 Å². The van der Waals surface area contributed by atoms with Crippen molar-refractivity contribution in [3.63, 3.8) is 0 Å². The third-order valence-corrected chi connectivity index (χ3v) is 3.72. The molecule has 3 heteroatoms. The maximum Gasteiger partial charge on any atom is 0.118 e. The van der Waals surface area contributed by atoms with Crippen molar-refractivity contribution in [1.29, 1.82) is 0 Å². The van der Waals surface area contributed by atoms with Crippen molar-refractivity contribution in [1.82, 2.24) is 0 Å². The van der Waals surface area contributed by atoms with E-state index in [1.165, 1.54) is 5.56 Å². The Bertz CT molecular complexity index is 342. The number of ether oxygens (including phenoxy) is 2. The smallest absolute Gasteiger partial charge is 0.118 e. The molecule has 1 heterocycles. The van der Waals surface area contributed by atoms with Gasteiger partial charge in [0.1, 0.15) is 5.75 Å². The summed E-state index contributed by atoms with van der Waals surface area (Å²) < 4.78 is 10.6. The normalized spacial score (nSPS) is 18.9. The Labute approximate surface area is 103 Å². The van der Waals surface area contributed by atoms with Crippen LogP contribution < -0.4 is 10.5 Å². The second-order valence-electron chi connectivity index (χ2n) is 4.84. The minimum absolute atomic E-state index is 0.229. The average molecular weight is 235 g/mol. The predicted octanol–water partition coefficient (Wildman–Crippen LogP) is 1.99. The standard InChI is InChI=1S/C14H21NO2/c1-16-13-4-2-12(3-5-13)10-14(11-15)6-8-17-9-7-14/h2-5H,6-11,15H2,1H3. The van der Waals surface area contributed by atoms with E-state index >= 15 is 0 Å². The van der Waals surface area contributed by atoms with Gasteiger partial charge in [-0.1, -0.05) is 12.1 Å². The molecule has 0 saturated carbocycles. The Balaban J connectivity index is 2.06. The molecule has 0 aromatic heterocycles. The maximum atomic E-state index is 5.96. The zero-order valence-electron chi connectivity index (χ0n) is 10.4. The van der Waals surface area contributed by atoms with E-state index in [1.54, 1.807) is 7.11 Å². The van der Waals surface area contributed by atoms with Gasteiger partial charge in [-0.05, 0) is 48.9 Å². The molecule has 17 heavy (non-hydrogen) atoms. The predicted molar refractivity (Wildman–Crippen MR) is 68.2 cm³/mol. The van der Waals surface area contributed by atoms with Crippen LogP contribution in [0, 0.1) is 5.41 Å². The zero-order chi connectivity index (χ0) is 12.1. The first-order chi connectivity index (χ1) is 8.28. The molecule has 0 unspecified atom stereocenters. The van der Waals surface area contributed by atoms with E-state index in [1.807, 2.05) is 12.1 Å². The first-order valence-electron chi connectivity index (χ1n) is 6.19. The van der Waals surface area contributed by atoms with Gasteiger partial charge < -0.3 is 15.2 Å². The summed E-state index contributed by atoms with van der Waals surface area (Å²) in [7, 11) is 1.69. The summed E-state index contributed by atoms with van der Waals surface area (Å²) in [4.78, 5) is 0. The number of hydrogen-bond acceptors (Lipinski definition) is 3. The molecule has 0 spiro atoms. The summed E-state index contributed by atoms with van der Waals surface area (Å²) >= 11 is 0. The fourth-order valence-corrected chi connectivity index (χ4v) is 2.43. The van der Waals surface area contributed by atoms with E-state index < -0.39 is 0 Å². The molecule has 1 fully saturated rings. The van der Waals surface area contributed by atoms with Crippen LogP contribution in [0.5, 0.6) is 5.75 Å². The van der Waals surface area contributed by atoms with E-state index in [9.17, 15) is 0 Å². The molecule has 1 aliphatic heterocycles. The lowest BCUT2D eigenvalue weighted by molar-refractivity contribution is 0.0191. The van der Waals surface area contributed by atoms with Crippen LogP contribution in [0.3, 0.4) is 0 Å². The van der Waals surface area contributed by atoms with E-state index in [4.69, 9.17) is 15.2 Å². The molecule has 2 rings (SSSR count). The Kier molecular flexibility index (Phi) is 4.02. The molecule has 1 saturated heterocycles. The molecule has 1 aromatic rings. The van der Waals surface area contributed by atoms with Gasteiger partial charge in [-0.2, -0.15) is 0 Å². The molecule has 3 nitrogen and oxygen atoms in total. The van der Waals surface area contributed by atoms with Crippen LogP contribution in [0.1, 0.15) is 18.4 Å². The van der Waals surface area contributed by atoms with Gasteiger partial charge in [0.25, 0.3) is 0 Å². The lowest BCUT2D eigenvalue weighted by Crippen LogP contribution is -2.38. The third kappa shape index (κ3) is 2.99. The molecule has 0 radical (unpaired) electrons. The van der Waals surface area contributed by atoms with E-state index in [-0.39, 0.29) is 5.41 Å². The quantitative estimate of drug-likeness (QED) is 0.868. The summed E-state index contributed by atoms with van der Waals surface area (Å²) in [5.74, 6) is 0.905. The molecule has 2 N–H and O–H groups in total. The van der Waals surface area contributed by atoms with Crippen molar-refractivity contribution in [2.24, 2.45) is 11.1 Å². The van der Waals surface area contributed by atoms with Crippen LogP contribution in [-0.4, -0.2) is 26.9 Å². The fraction of sp³-hybridized carbons (Fsp3) is 0.571. The molecule has 0 bridgehead atoms. The number of methoxy groups -OCH3 is 1. The molecule has 1 aliphatic rings. The van der Waals surface area contributed by atoms with Crippen LogP contribution in [0.2, 0.25) is 0 Å². The molecule has 0 amide bonds. The van der Waals surface area contributed by atoms with Gasteiger partial charge in [0, 0.05) is 13.2 Å². The summed E-state index contributed by atoms with van der Waals surface area (Å²) in [6.07, 6.45) is 3.17. The summed E-state index contributed by atoms with van der Waals surface area (Å²) in [6.45, 7) is 2.42. The second kappa shape index (κ2) is 5.52. The highest BCUT2D eigenvalue weighted by Crippen LogP contribution is 2.33. The first-order valence-corrected chi connectivity index (χ1v) is 6.19. The summed E-state index contributed by atoms with van der Waals surface area (Å²) in [6, 6.07) is 8.29. The lowest BCUT2D eigenvalue weighted by Gasteiger charge is -2.36.